The number of quaternary nitrogens is 1. The molecule has 10 heteroatoms. The first-order chi connectivity index (χ1) is 13.8. The molecule has 0 atom stereocenters. The van der Waals surface area contributed by atoms with Gasteiger partial charge in [-0.2, -0.15) is 0 Å². The van der Waals surface area contributed by atoms with Gasteiger partial charge in [0.2, 0.25) is 0 Å². The van der Waals surface area contributed by atoms with Gasteiger partial charge in [0.1, 0.15) is 10.7 Å². The summed E-state index contributed by atoms with van der Waals surface area (Å²) in [4.78, 5) is 42.4. The van der Waals surface area contributed by atoms with Gasteiger partial charge in [-0.3, -0.25) is 14.5 Å². The number of aromatic nitrogens is 1. The van der Waals surface area contributed by atoms with Crippen LogP contribution in [0.15, 0.2) is 24.3 Å². The van der Waals surface area contributed by atoms with Crippen molar-refractivity contribution in [2.24, 2.45) is 0 Å². The molecule has 1 aromatic heterocycles. The Morgan fingerprint density at radius 1 is 1.24 bits per heavy atom. The smallest absolute Gasteiger partial charge is 0.350 e. The molecule has 0 aliphatic rings. The Morgan fingerprint density at radius 3 is 2.55 bits per heavy atom. The zero-order chi connectivity index (χ0) is 21.4. The van der Waals surface area contributed by atoms with E-state index in [1.54, 1.807) is 31.3 Å². The van der Waals surface area contributed by atoms with Crippen molar-refractivity contribution < 1.29 is 28.8 Å². The topological polar surface area (TPSA) is 105 Å². The second-order valence-corrected chi connectivity index (χ2v) is 7.09. The van der Waals surface area contributed by atoms with Crippen molar-refractivity contribution in [3.63, 3.8) is 0 Å². The average molecular weight is 423 g/mol. The van der Waals surface area contributed by atoms with Gasteiger partial charge >= 0.3 is 5.97 Å². The number of halogens is 1. The second-order valence-electron chi connectivity index (χ2n) is 6.11. The van der Waals surface area contributed by atoms with Crippen LogP contribution in [-0.4, -0.2) is 49.5 Å². The normalized spacial score (nSPS) is 10.5. The highest BCUT2D eigenvalue weighted by Crippen LogP contribution is 2.28. The molecule has 0 bridgehead atoms. The summed E-state index contributed by atoms with van der Waals surface area (Å²) in [7, 11) is 1.52. The van der Waals surface area contributed by atoms with Gasteiger partial charge in [-0.15, -0.1) is 0 Å². The van der Waals surface area contributed by atoms with E-state index < -0.39 is 5.97 Å². The molecular formula is C19H24FN4O4S+. The van der Waals surface area contributed by atoms with Gasteiger partial charge in [0.05, 0.1) is 18.8 Å². The number of carbonyl (C=O) groups excluding carboxylic acids is 3. The molecule has 1 aromatic carbocycles. The maximum atomic E-state index is 13.2. The maximum absolute atomic E-state index is 13.2. The summed E-state index contributed by atoms with van der Waals surface area (Å²) in [5, 5.41) is 4.40. The standard InChI is InChI=1S/C19H23FN4O4S/c1-4-28-18(27)17-12(2)23-19(29-17)24(11-13-5-7-14(20)8-6-13)16(26)10-22-9-15(25)21-3/h5-8,22H,4,9-11H2,1-3H3,(H,21,25)/p+1. The number of esters is 1. The summed E-state index contributed by atoms with van der Waals surface area (Å²) < 4.78 is 18.2. The Hall–Kier alpha value is -2.85. The van der Waals surface area contributed by atoms with E-state index in [1.807, 2.05) is 0 Å². The fraction of sp³-hybridized carbons (Fsp3) is 0.368. The highest BCUT2D eigenvalue weighted by molar-refractivity contribution is 7.17. The van der Waals surface area contributed by atoms with Crippen LogP contribution in [0.25, 0.3) is 0 Å². The molecule has 1 heterocycles. The molecule has 0 aliphatic carbocycles. The van der Waals surface area contributed by atoms with E-state index in [1.165, 1.54) is 24.1 Å². The van der Waals surface area contributed by atoms with Crippen molar-refractivity contribution in [1.29, 1.82) is 0 Å². The van der Waals surface area contributed by atoms with Crippen molar-refractivity contribution in [1.82, 2.24) is 10.3 Å². The zero-order valence-electron chi connectivity index (χ0n) is 16.5. The van der Waals surface area contributed by atoms with Crippen LogP contribution in [0.1, 0.15) is 27.9 Å². The van der Waals surface area contributed by atoms with Gasteiger partial charge in [-0.1, -0.05) is 23.5 Å². The lowest BCUT2D eigenvalue weighted by molar-refractivity contribution is -0.632. The lowest BCUT2D eigenvalue weighted by Gasteiger charge is -2.19. The summed E-state index contributed by atoms with van der Waals surface area (Å²) in [5.74, 6) is -1.35. The molecule has 0 unspecified atom stereocenters. The van der Waals surface area contributed by atoms with E-state index in [-0.39, 0.29) is 43.9 Å². The lowest BCUT2D eigenvalue weighted by atomic mass is 10.2. The molecule has 0 radical (unpaired) electrons. The van der Waals surface area contributed by atoms with E-state index in [9.17, 15) is 18.8 Å². The summed E-state index contributed by atoms with van der Waals surface area (Å²) in [5.41, 5.74) is 1.17. The number of nitrogens with two attached hydrogens (primary N) is 1. The number of rotatable bonds is 9. The van der Waals surface area contributed by atoms with Crippen LogP contribution < -0.4 is 15.5 Å². The maximum Gasteiger partial charge on any atom is 0.350 e. The molecule has 0 saturated heterocycles. The number of ether oxygens (including phenoxy) is 1. The number of thiazole rings is 1. The SMILES string of the molecule is CCOC(=O)c1sc(N(Cc2ccc(F)cc2)C(=O)C[NH2+]CC(=O)NC)nc1C. The van der Waals surface area contributed by atoms with Crippen molar-refractivity contribution in [2.75, 3.05) is 31.6 Å². The van der Waals surface area contributed by atoms with Crippen molar-refractivity contribution >= 4 is 34.3 Å². The first-order valence-corrected chi connectivity index (χ1v) is 9.89. The van der Waals surface area contributed by atoms with Gasteiger partial charge in [0.15, 0.2) is 18.2 Å². The Morgan fingerprint density at radius 2 is 1.93 bits per heavy atom. The fourth-order valence-corrected chi connectivity index (χ4v) is 3.43. The van der Waals surface area contributed by atoms with Crippen LogP contribution in [0.4, 0.5) is 9.52 Å². The van der Waals surface area contributed by atoms with Crippen LogP contribution in [0.3, 0.4) is 0 Å². The number of hydrogen-bond donors (Lipinski definition) is 2. The fourth-order valence-electron chi connectivity index (χ4n) is 2.46. The minimum atomic E-state index is -0.492. The van der Waals surface area contributed by atoms with Crippen LogP contribution >= 0.6 is 11.3 Å². The number of likely N-dealkylation sites (N-methyl/N-ethyl adjacent to an activating group) is 1. The second kappa shape index (κ2) is 10.6. The first-order valence-electron chi connectivity index (χ1n) is 9.07. The summed E-state index contributed by atoms with van der Waals surface area (Å²) >= 11 is 1.06. The molecule has 3 N–H and O–H groups in total. The van der Waals surface area contributed by atoms with E-state index in [0.717, 1.165) is 11.3 Å². The van der Waals surface area contributed by atoms with Crippen LogP contribution in [0.5, 0.6) is 0 Å². The largest absolute Gasteiger partial charge is 0.462 e. The van der Waals surface area contributed by atoms with Gasteiger partial charge in [0, 0.05) is 7.05 Å². The molecule has 156 valence electrons. The molecule has 2 amide bonds. The first kappa shape index (κ1) is 22.4. The molecule has 8 nitrogen and oxygen atoms in total. The van der Waals surface area contributed by atoms with Gasteiger partial charge < -0.3 is 15.4 Å². The number of nitrogens with zero attached hydrogens (tertiary/aromatic N) is 2. The third-order valence-corrected chi connectivity index (χ3v) is 5.12. The third kappa shape index (κ3) is 6.33. The molecule has 2 aromatic rings. The summed E-state index contributed by atoms with van der Waals surface area (Å²) in [6.07, 6.45) is 0. The zero-order valence-corrected chi connectivity index (χ0v) is 17.3. The van der Waals surface area contributed by atoms with Gasteiger partial charge in [-0.25, -0.2) is 14.2 Å². The number of carbonyl (C=O) groups is 3. The number of amides is 2. The quantitative estimate of drug-likeness (QED) is 0.575. The predicted octanol–water partition coefficient (Wildman–Crippen LogP) is 0.610. The summed E-state index contributed by atoms with van der Waals surface area (Å²) in [6.45, 7) is 3.90. The summed E-state index contributed by atoms with van der Waals surface area (Å²) in [6, 6.07) is 5.78. The van der Waals surface area contributed by atoms with Crippen molar-refractivity contribution in [3.8, 4) is 0 Å². The van der Waals surface area contributed by atoms with Crippen LogP contribution in [0.2, 0.25) is 0 Å². The number of hydrogen-bond acceptors (Lipinski definition) is 6. The van der Waals surface area contributed by atoms with Crippen molar-refractivity contribution in [2.45, 2.75) is 20.4 Å². The minimum absolute atomic E-state index is 0.0159. The Labute approximate surface area is 172 Å². The van der Waals surface area contributed by atoms with Crippen LogP contribution in [0, 0.1) is 12.7 Å². The molecule has 0 saturated carbocycles. The van der Waals surface area contributed by atoms with E-state index >= 15 is 0 Å². The lowest BCUT2D eigenvalue weighted by Crippen LogP contribution is -2.88. The van der Waals surface area contributed by atoms with Crippen LogP contribution in [-0.2, 0) is 20.9 Å². The van der Waals surface area contributed by atoms with E-state index in [0.29, 0.717) is 21.3 Å². The van der Waals surface area contributed by atoms with Gasteiger partial charge in [0.25, 0.3) is 11.8 Å². The number of nitrogens with one attached hydrogen (secondary N) is 1. The van der Waals surface area contributed by atoms with Gasteiger partial charge in [-0.05, 0) is 31.5 Å². The Kier molecular flexibility index (Phi) is 8.22. The predicted molar refractivity (Wildman–Crippen MR) is 106 cm³/mol. The highest BCUT2D eigenvalue weighted by Gasteiger charge is 2.25. The third-order valence-electron chi connectivity index (χ3n) is 3.96. The monoisotopic (exact) mass is 423 g/mol. The number of anilines is 1. The van der Waals surface area contributed by atoms with Crippen molar-refractivity contribution in [3.05, 3.63) is 46.2 Å². The molecule has 2 rings (SSSR count). The molecule has 0 fully saturated rings. The molecule has 0 spiro atoms. The molecular weight excluding hydrogens is 399 g/mol. The molecule has 29 heavy (non-hydrogen) atoms. The Balaban J connectivity index is 2.25. The average Bonchev–Trinajstić information content (AvgIpc) is 3.08. The Bertz CT molecular complexity index is 870. The van der Waals surface area contributed by atoms with E-state index in [2.05, 4.69) is 10.3 Å². The number of aryl methyl sites for hydroxylation is 1. The van der Waals surface area contributed by atoms with E-state index in [4.69, 9.17) is 4.74 Å². The molecule has 0 aliphatic heterocycles. The minimum Gasteiger partial charge on any atom is -0.462 e. The highest BCUT2D eigenvalue weighted by atomic mass is 32.1. The number of benzene rings is 1.